The highest BCUT2D eigenvalue weighted by atomic mass is 79.9. The molecular weight excluding hydrogens is 464 g/mol. The summed E-state index contributed by atoms with van der Waals surface area (Å²) in [7, 11) is 1.54. The van der Waals surface area contributed by atoms with E-state index < -0.39 is 18.0 Å². The number of halogens is 1. The number of nitrogens with one attached hydrogen (secondary N) is 2. The van der Waals surface area contributed by atoms with Crippen molar-refractivity contribution in [2.45, 2.75) is 26.3 Å². The van der Waals surface area contributed by atoms with E-state index in [-0.39, 0.29) is 6.61 Å². The quantitative estimate of drug-likeness (QED) is 0.531. The first-order chi connectivity index (χ1) is 15.0. The van der Waals surface area contributed by atoms with Gasteiger partial charge < -0.3 is 24.8 Å². The Hall–Kier alpha value is -3.00. The van der Waals surface area contributed by atoms with E-state index in [9.17, 15) is 9.59 Å². The molecule has 2 N–H and O–H groups in total. The van der Waals surface area contributed by atoms with Crippen LogP contribution >= 0.6 is 15.9 Å². The maximum Gasteiger partial charge on any atom is 0.338 e. The fourth-order valence-electron chi connectivity index (χ4n) is 3.33. The predicted octanol–water partition coefficient (Wildman–Crippen LogP) is 4.57. The van der Waals surface area contributed by atoms with Gasteiger partial charge in [0.2, 0.25) is 0 Å². The van der Waals surface area contributed by atoms with Gasteiger partial charge >= 0.3 is 12.0 Å². The number of amides is 2. The summed E-state index contributed by atoms with van der Waals surface area (Å²) in [5.41, 5.74) is 2.08. The van der Waals surface area contributed by atoms with Gasteiger partial charge in [-0.05, 0) is 52.5 Å². The lowest BCUT2D eigenvalue weighted by Crippen LogP contribution is -2.45. The van der Waals surface area contributed by atoms with Crippen LogP contribution in [-0.2, 0) is 9.53 Å². The average Bonchev–Trinajstić information content (AvgIpc) is 2.77. The van der Waals surface area contributed by atoms with Crippen molar-refractivity contribution in [3.63, 3.8) is 0 Å². The molecule has 2 amide bonds. The fourth-order valence-corrected chi connectivity index (χ4v) is 3.90. The van der Waals surface area contributed by atoms with Crippen LogP contribution < -0.4 is 20.1 Å². The molecule has 1 aliphatic rings. The highest BCUT2D eigenvalue weighted by Crippen LogP contribution is 2.41. The maximum atomic E-state index is 13.0. The summed E-state index contributed by atoms with van der Waals surface area (Å²) < 4.78 is 17.3. The zero-order valence-electron chi connectivity index (χ0n) is 17.7. The molecule has 1 aliphatic heterocycles. The minimum Gasteiger partial charge on any atom is -0.493 e. The van der Waals surface area contributed by atoms with Crippen LogP contribution in [0.25, 0.3) is 5.70 Å². The molecule has 0 saturated carbocycles. The van der Waals surface area contributed by atoms with E-state index in [2.05, 4.69) is 26.6 Å². The molecule has 0 saturated heterocycles. The van der Waals surface area contributed by atoms with E-state index in [1.54, 1.807) is 20.1 Å². The Morgan fingerprint density at radius 1 is 1.16 bits per heavy atom. The third-order valence-electron chi connectivity index (χ3n) is 4.67. The van der Waals surface area contributed by atoms with Gasteiger partial charge in [-0.3, -0.25) is 0 Å². The van der Waals surface area contributed by atoms with E-state index in [1.165, 1.54) is 0 Å². The van der Waals surface area contributed by atoms with Crippen LogP contribution in [0, 0.1) is 0 Å². The normalized spacial score (nSPS) is 15.7. The Balaban J connectivity index is 2.16. The van der Waals surface area contributed by atoms with Crippen molar-refractivity contribution in [1.29, 1.82) is 0 Å². The second kappa shape index (κ2) is 10.3. The van der Waals surface area contributed by atoms with Gasteiger partial charge in [0.25, 0.3) is 0 Å². The van der Waals surface area contributed by atoms with Crippen LogP contribution in [0.15, 0.2) is 52.5 Å². The second-order valence-electron chi connectivity index (χ2n) is 6.79. The Kier molecular flexibility index (Phi) is 7.57. The summed E-state index contributed by atoms with van der Waals surface area (Å²) in [6.45, 7) is 4.50. The topological polar surface area (TPSA) is 85.9 Å². The molecule has 0 spiro atoms. The first-order valence-electron chi connectivity index (χ1n) is 10.0. The van der Waals surface area contributed by atoms with Crippen LogP contribution in [0.5, 0.6) is 11.5 Å². The number of carbonyl (C=O) groups is 2. The Labute approximate surface area is 189 Å². The molecule has 0 unspecified atom stereocenters. The smallest absolute Gasteiger partial charge is 0.338 e. The molecule has 3 rings (SSSR count). The van der Waals surface area contributed by atoms with Crippen LogP contribution in [-0.4, -0.2) is 32.3 Å². The number of esters is 1. The summed E-state index contributed by atoms with van der Waals surface area (Å²) in [6.07, 6.45) is 0.845. The molecule has 1 atom stereocenters. The van der Waals surface area contributed by atoms with Gasteiger partial charge in [-0.2, -0.15) is 0 Å². The number of carbonyl (C=O) groups excluding carboxylic acids is 2. The van der Waals surface area contributed by atoms with Crippen LogP contribution in [0.2, 0.25) is 0 Å². The average molecular weight is 489 g/mol. The van der Waals surface area contributed by atoms with E-state index in [1.807, 2.05) is 43.3 Å². The molecule has 1 heterocycles. The van der Waals surface area contributed by atoms with Gasteiger partial charge in [0.15, 0.2) is 11.5 Å². The zero-order chi connectivity index (χ0) is 22.4. The largest absolute Gasteiger partial charge is 0.493 e. The van der Waals surface area contributed by atoms with Crippen LogP contribution in [0.4, 0.5) is 4.79 Å². The lowest BCUT2D eigenvalue weighted by Gasteiger charge is -2.30. The number of rotatable bonds is 8. The molecule has 164 valence electrons. The minimum absolute atomic E-state index is 0.210. The molecule has 8 heteroatoms. The molecule has 0 aliphatic carbocycles. The first kappa shape index (κ1) is 22.7. The van der Waals surface area contributed by atoms with Crippen molar-refractivity contribution in [2.75, 3.05) is 20.3 Å². The van der Waals surface area contributed by atoms with Crippen molar-refractivity contribution in [1.82, 2.24) is 10.6 Å². The molecule has 2 aromatic carbocycles. The molecule has 0 bridgehead atoms. The Morgan fingerprint density at radius 3 is 2.55 bits per heavy atom. The molecule has 2 aromatic rings. The highest BCUT2D eigenvalue weighted by molar-refractivity contribution is 9.10. The van der Waals surface area contributed by atoms with Crippen molar-refractivity contribution in [3.8, 4) is 11.5 Å². The standard InChI is InChI=1S/C23H25BrN2O5/c1-4-11-31-21-16(24)12-15(13-17(21)29-3)20-18(22(27)30-5-2)19(25-23(28)26-20)14-9-7-6-8-10-14/h6-10,12-13,20H,4-5,11H2,1-3H3,(H2,25,26,28)/t20-/m0/s1. The Morgan fingerprint density at radius 2 is 1.90 bits per heavy atom. The third kappa shape index (κ3) is 5.02. The van der Waals surface area contributed by atoms with Gasteiger partial charge in [-0.25, -0.2) is 9.59 Å². The summed E-state index contributed by atoms with van der Waals surface area (Å²) in [4.78, 5) is 25.5. The van der Waals surface area contributed by atoms with Gasteiger partial charge in [0.1, 0.15) is 0 Å². The van der Waals surface area contributed by atoms with Gasteiger partial charge in [-0.15, -0.1) is 0 Å². The predicted molar refractivity (Wildman–Crippen MR) is 121 cm³/mol. The van der Waals surface area contributed by atoms with Crippen molar-refractivity contribution < 1.29 is 23.8 Å². The molecular formula is C23H25BrN2O5. The lowest BCUT2D eigenvalue weighted by atomic mass is 9.92. The third-order valence-corrected chi connectivity index (χ3v) is 5.25. The highest BCUT2D eigenvalue weighted by Gasteiger charge is 2.35. The van der Waals surface area contributed by atoms with Crippen LogP contribution in [0.1, 0.15) is 37.4 Å². The number of methoxy groups -OCH3 is 1. The summed E-state index contributed by atoms with van der Waals surface area (Å²) >= 11 is 3.53. The minimum atomic E-state index is -0.742. The fraction of sp³-hybridized carbons (Fsp3) is 0.304. The van der Waals surface area contributed by atoms with Crippen LogP contribution in [0.3, 0.4) is 0 Å². The van der Waals surface area contributed by atoms with Gasteiger partial charge in [0.05, 0.1) is 42.1 Å². The number of hydrogen-bond acceptors (Lipinski definition) is 5. The van der Waals surface area contributed by atoms with E-state index >= 15 is 0 Å². The number of hydrogen-bond donors (Lipinski definition) is 2. The summed E-state index contributed by atoms with van der Waals surface area (Å²) in [5.74, 6) is 0.550. The molecule has 7 nitrogen and oxygen atoms in total. The van der Waals surface area contributed by atoms with Crippen molar-refractivity contribution in [3.05, 3.63) is 63.6 Å². The van der Waals surface area contributed by atoms with Crippen molar-refractivity contribution >= 4 is 33.6 Å². The molecule has 0 radical (unpaired) electrons. The molecule has 31 heavy (non-hydrogen) atoms. The SMILES string of the molecule is CCCOc1c(Br)cc([C@@H]2NC(=O)NC(c3ccccc3)=C2C(=O)OCC)cc1OC. The first-order valence-corrected chi connectivity index (χ1v) is 10.8. The molecule has 0 aromatic heterocycles. The Bertz CT molecular complexity index is 991. The number of urea groups is 1. The molecule has 0 fully saturated rings. The van der Waals surface area contributed by atoms with E-state index in [0.717, 1.165) is 6.42 Å². The monoisotopic (exact) mass is 488 g/mol. The lowest BCUT2D eigenvalue weighted by molar-refractivity contribution is -0.138. The number of ether oxygens (including phenoxy) is 3. The summed E-state index contributed by atoms with van der Waals surface area (Å²) in [6, 6.07) is 11.6. The van der Waals surface area contributed by atoms with E-state index in [4.69, 9.17) is 14.2 Å². The maximum absolute atomic E-state index is 13.0. The second-order valence-corrected chi connectivity index (χ2v) is 7.64. The van der Waals surface area contributed by atoms with E-state index in [0.29, 0.717) is 45.0 Å². The van der Waals surface area contributed by atoms with Crippen molar-refractivity contribution in [2.24, 2.45) is 0 Å². The summed E-state index contributed by atoms with van der Waals surface area (Å²) in [5, 5.41) is 5.60. The van der Waals surface area contributed by atoms with Gasteiger partial charge in [0, 0.05) is 0 Å². The number of benzene rings is 2. The zero-order valence-corrected chi connectivity index (χ0v) is 19.2. The van der Waals surface area contributed by atoms with Gasteiger partial charge in [-0.1, -0.05) is 37.3 Å².